The van der Waals surface area contributed by atoms with Gasteiger partial charge >= 0.3 is 0 Å². The molecule has 5 nitrogen and oxygen atoms in total. The quantitative estimate of drug-likeness (QED) is 0.836. The Morgan fingerprint density at radius 1 is 1.35 bits per heavy atom. The molecule has 0 atom stereocenters. The van der Waals surface area contributed by atoms with Crippen LogP contribution in [-0.2, 0) is 24.7 Å². The SMILES string of the molecule is Cn1nc(CO)nc1CO[Si](C)(C)C(C)(C)C. The number of aliphatic hydroxyl groups is 1. The molecular weight excluding hydrogens is 234 g/mol. The van der Waals surface area contributed by atoms with Gasteiger partial charge in [-0.15, -0.1) is 0 Å². The number of rotatable bonds is 4. The third-order valence-electron chi connectivity index (χ3n) is 3.41. The predicted molar refractivity (Wildman–Crippen MR) is 68.9 cm³/mol. The minimum atomic E-state index is -1.76. The summed E-state index contributed by atoms with van der Waals surface area (Å²) in [4.78, 5) is 4.21. The second-order valence-electron chi connectivity index (χ2n) is 5.77. The van der Waals surface area contributed by atoms with Crippen LogP contribution in [0.25, 0.3) is 0 Å². The Balaban J connectivity index is 2.70. The van der Waals surface area contributed by atoms with Crippen molar-refractivity contribution < 1.29 is 9.53 Å². The van der Waals surface area contributed by atoms with Crippen LogP contribution in [0.2, 0.25) is 18.1 Å². The highest BCUT2D eigenvalue weighted by molar-refractivity contribution is 6.74. The average molecular weight is 257 g/mol. The van der Waals surface area contributed by atoms with Crippen LogP contribution >= 0.6 is 0 Å². The summed E-state index contributed by atoms with van der Waals surface area (Å²) in [5.74, 6) is 1.21. The smallest absolute Gasteiger partial charge is 0.192 e. The van der Waals surface area contributed by atoms with Crippen molar-refractivity contribution >= 4 is 8.32 Å². The summed E-state index contributed by atoms with van der Waals surface area (Å²) in [6, 6.07) is 0. The Labute approximate surface area is 104 Å². The van der Waals surface area contributed by atoms with E-state index in [0.717, 1.165) is 5.82 Å². The van der Waals surface area contributed by atoms with Crippen LogP contribution in [0, 0.1) is 0 Å². The maximum absolute atomic E-state index is 8.96. The Morgan fingerprint density at radius 2 is 1.94 bits per heavy atom. The molecule has 0 bridgehead atoms. The lowest BCUT2D eigenvalue weighted by Gasteiger charge is -2.35. The molecule has 6 heteroatoms. The molecule has 0 aliphatic rings. The first-order valence-corrected chi connectivity index (χ1v) is 8.72. The maximum atomic E-state index is 8.96. The summed E-state index contributed by atoms with van der Waals surface area (Å²) in [6.45, 7) is 11.3. The van der Waals surface area contributed by atoms with E-state index in [1.165, 1.54) is 0 Å². The minimum Gasteiger partial charge on any atom is -0.409 e. The van der Waals surface area contributed by atoms with Gasteiger partial charge in [-0.1, -0.05) is 20.8 Å². The number of hydrogen-bond acceptors (Lipinski definition) is 4. The molecule has 0 saturated heterocycles. The van der Waals surface area contributed by atoms with Crippen LogP contribution in [0.1, 0.15) is 32.4 Å². The first kappa shape index (κ1) is 14.3. The minimum absolute atomic E-state index is 0.131. The lowest BCUT2D eigenvalue weighted by atomic mass is 10.2. The second-order valence-corrected chi connectivity index (χ2v) is 10.6. The van der Waals surface area contributed by atoms with Crippen molar-refractivity contribution in [2.75, 3.05) is 0 Å². The molecule has 0 aromatic carbocycles. The van der Waals surface area contributed by atoms with Crippen LogP contribution in [0.4, 0.5) is 0 Å². The molecule has 0 aliphatic carbocycles. The van der Waals surface area contributed by atoms with Gasteiger partial charge < -0.3 is 9.53 Å². The lowest BCUT2D eigenvalue weighted by molar-refractivity contribution is 0.261. The molecule has 1 N–H and O–H groups in total. The molecule has 0 radical (unpaired) electrons. The Kier molecular flexibility index (Phi) is 4.11. The normalized spacial score (nSPS) is 13.1. The van der Waals surface area contributed by atoms with Crippen molar-refractivity contribution in [1.29, 1.82) is 0 Å². The molecule has 98 valence electrons. The van der Waals surface area contributed by atoms with Gasteiger partial charge in [-0.05, 0) is 18.1 Å². The molecular formula is C11H23N3O2Si. The van der Waals surface area contributed by atoms with Crippen LogP contribution in [0.5, 0.6) is 0 Å². The summed E-state index contributed by atoms with van der Waals surface area (Å²) in [5.41, 5.74) is 0. The van der Waals surface area contributed by atoms with Crippen molar-refractivity contribution in [3.05, 3.63) is 11.6 Å². The number of aryl methyl sites for hydroxylation is 1. The molecule has 0 saturated carbocycles. The van der Waals surface area contributed by atoms with Crippen molar-refractivity contribution in [1.82, 2.24) is 14.8 Å². The lowest BCUT2D eigenvalue weighted by Crippen LogP contribution is -2.40. The Hall–Kier alpha value is -0.723. The predicted octanol–water partition coefficient (Wildman–Crippen LogP) is 1.83. The topological polar surface area (TPSA) is 60.2 Å². The molecule has 0 amide bonds. The van der Waals surface area contributed by atoms with Gasteiger partial charge in [-0.3, -0.25) is 4.68 Å². The van der Waals surface area contributed by atoms with Crippen molar-refractivity contribution in [2.24, 2.45) is 7.05 Å². The monoisotopic (exact) mass is 257 g/mol. The molecule has 0 spiro atoms. The molecule has 1 heterocycles. The molecule has 1 aromatic heterocycles. The van der Waals surface area contributed by atoms with Crippen LogP contribution in [0.15, 0.2) is 0 Å². The Morgan fingerprint density at radius 3 is 2.35 bits per heavy atom. The van der Waals surface area contributed by atoms with Crippen molar-refractivity contribution in [2.45, 2.75) is 52.1 Å². The number of nitrogens with zero attached hydrogens (tertiary/aromatic N) is 3. The van der Waals surface area contributed by atoms with Gasteiger partial charge in [0, 0.05) is 7.05 Å². The fourth-order valence-corrected chi connectivity index (χ4v) is 2.05. The summed E-state index contributed by atoms with van der Waals surface area (Å²) in [6.07, 6.45) is 0. The van der Waals surface area contributed by atoms with Gasteiger partial charge in [0.05, 0.1) is 6.61 Å². The fourth-order valence-electron chi connectivity index (χ4n) is 1.13. The molecule has 0 fully saturated rings. The Bertz CT molecular complexity index is 383. The van der Waals surface area contributed by atoms with Gasteiger partial charge in [0.1, 0.15) is 6.61 Å². The van der Waals surface area contributed by atoms with Crippen LogP contribution in [0.3, 0.4) is 0 Å². The summed E-state index contributed by atoms with van der Waals surface area (Å²) in [7, 11) is 0.0608. The standard InChI is InChI=1S/C11H23N3O2Si/c1-11(2,3)17(5,6)16-8-10-12-9(7-15)13-14(10)4/h15H,7-8H2,1-6H3. The van der Waals surface area contributed by atoms with Gasteiger partial charge in [0.2, 0.25) is 0 Å². The van der Waals surface area contributed by atoms with E-state index < -0.39 is 8.32 Å². The molecule has 1 aromatic rings. The van der Waals surface area contributed by atoms with Gasteiger partial charge in [-0.25, -0.2) is 4.98 Å². The number of hydrogen-bond donors (Lipinski definition) is 1. The second kappa shape index (κ2) is 4.87. The van der Waals surface area contributed by atoms with Gasteiger partial charge in [0.15, 0.2) is 20.0 Å². The van der Waals surface area contributed by atoms with E-state index in [1.807, 2.05) is 7.05 Å². The highest BCUT2D eigenvalue weighted by Gasteiger charge is 2.37. The van der Waals surface area contributed by atoms with Crippen LogP contribution in [-0.4, -0.2) is 28.2 Å². The maximum Gasteiger partial charge on any atom is 0.192 e. The first-order chi connectivity index (χ1) is 7.67. The molecule has 0 unspecified atom stereocenters. The van der Waals surface area contributed by atoms with Gasteiger partial charge in [0.25, 0.3) is 0 Å². The van der Waals surface area contributed by atoms with E-state index >= 15 is 0 Å². The highest BCUT2D eigenvalue weighted by atomic mass is 28.4. The van der Waals surface area contributed by atoms with Crippen LogP contribution < -0.4 is 0 Å². The third kappa shape index (κ3) is 3.37. The summed E-state index contributed by atoms with van der Waals surface area (Å²) < 4.78 is 7.72. The summed E-state index contributed by atoms with van der Waals surface area (Å²) in [5, 5.41) is 13.2. The molecule has 1 rings (SSSR count). The van der Waals surface area contributed by atoms with E-state index in [2.05, 4.69) is 43.9 Å². The average Bonchev–Trinajstić information content (AvgIpc) is 2.55. The molecule has 17 heavy (non-hydrogen) atoms. The first-order valence-electron chi connectivity index (χ1n) is 5.81. The summed E-state index contributed by atoms with van der Waals surface area (Å²) >= 11 is 0. The van der Waals surface area contributed by atoms with E-state index in [0.29, 0.717) is 12.4 Å². The van der Waals surface area contributed by atoms with Crippen molar-refractivity contribution in [3.8, 4) is 0 Å². The van der Waals surface area contributed by atoms with E-state index in [-0.39, 0.29) is 11.6 Å². The zero-order chi connectivity index (χ0) is 13.3. The highest BCUT2D eigenvalue weighted by Crippen LogP contribution is 2.36. The van der Waals surface area contributed by atoms with E-state index in [9.17, 15) is 0 Å². The van der Waals surface area contributed by atoms with Crippen molar-refractivity contribution in [3.63, 3.8) is 0 Å². The van der Waals surface area contributed by atoms with Gasteiger partial charge in [-0.2, -0.15) is 5.10 Å². The van der Waals surface area contributed by atoms with E-state index in [1.54, 1.807) is 4.68 Å². The zero-order valence-electron chi connectivity index (χ0n) is 11.6. The molecule has 0 aliphatic heterocycles. The number of aliphatic hydroxyl groups excluding tert-OH is 1. The fraction of sp³-hybridized carbons (Fsp3) is 0.818. The largest absolute Gasteiger partial charge is 0.409 e. The third-order valence-corrected chi connectivity index (χ3v) is 7.89. The number of aromatic nitrogens is 3. The van der Waals surface area contributed by atoms with E-state index in [4.69, 9.17) is 9.53 Å². The zero-order valence-corrected chi connectivity index (χ0v) is 12.6.